The van der Waals surface area contributed by atoms with Crippen LogP contribution in [0.2, 0.25) is 0 Å². The normalized spacial score (nSPS) is 35.4. The zero-order chi connectivity index (χ0) is 11.9. The van der Waals surface area contributed by atoms with Gasteiger partial charge in [-0.15, -0.1) is 11.6 Å². The minimum atomic E-state index is -0.0697. The topological polar surface area (TPSA) is 0 Å². The van der Waals surface area contributed by atoms with Crippen LogP contribution in [-0.4, -0.2) is 5.88 Å². The molecule has 1 aromatic rings. The quantitative estimate of drug-likeness (QED) is 0.699. The minimum absolute atomic E-state index is 0.0697. The Balaban J connectivity index is 1.86. The third kappa shape index (κ3) is 1.89. The largest absolute Gasteiger partial charge is 0.207 e. The smallest absolute Gasteiger partial charge is 0.126 e. The Hall–Kier alpha value is -0.560. The van der Waals surface area contributed by atoms with Crippen LogP contribution in [0.15, 0.2) is 24.3 Å². The second-order valence-electron chi connectivity index (χ2n) is 5.84. The number of fused-ring (bicyclic) bond motifs is 2. The van der Waals surface area contributed by atoms with Crippen LogP contribution in [0.1, 0.15) is 31.2 Å². The standard InChI is InChI=1S/C15H18ClF/c16-10-15(8-11-5-6-13(15)7-11)9-12-3-1-2-4-14(12)17/h1-4,11,13H,5-10H2. The van der Waals surface area contributed by atoms with Gasteiger partial charge in [-0.1, -0.05) is 24.6 Å². The summed E-state index contributed by atoms with van der Waals surface area (Å²) in [5, 5.41) is 0. The van der Waals surface area contributed by atoms with Crippen molar-refractivity contribution in [3.8, 4) is 0 Å². The number of benzene rings is 1. The van der Waals surface area contributed by atoms with Crippen molar-refractivity contribution in [3.05, 3.63) is 35.6 Å². The zero-order valence-corrected chi connectivity index (χ0v) is 10.7. The van der Waals surface area contributed by atoms with Crippen LogP contribution in [0.5, 0.6) is 0 Å². The maximum Gasteiger partial charge on any atom is 0.126 e. The highest BCUT2D eigenvalue weighted by molar-refractivity contribution is 6.18. The van der Waals surface area contributed by atoms with E-state index in [-0.39, 0.29) is 11.2 Å². The van der Waals surface area contributed by atoms with Gasteiger partial charge in [0.1, 0.15) is 5.82 Å². The Morgan fingerprint density at radius 2 is 2.12 bits per heavy atom. The monoisotopic (exact) mass is 252 g/mol. The average Bonchev–Trinajstić information content (AvgIpc) is 2.93. The highest BCUT2D eigenvalue weighted by Crippen LogP contribution is 2.57. The molecule has 0 spiro atoms. The summed E-state index contributed by atoms with van der Waals surface area (Å²) < 4.78 is 13.7. The third-order valence-electron chi connectivity index (χ3n) is 4.87. The second-order valence-corrected chi connectivity index (χ2v) is 6.11. The van der Waals surface area contributed by atoms with E-state index in [0.29, 0.717) is 5.88 Å². The van der Waals surface area contributed by atoms with Gasteiger partial charge in [0.15, 0.2) is 0 Å². The SMILES string of the molecule is Fc1ccccc1CC1(CCl)CC2CCC1C2. The van der Waals surface area contributed by atoms with E-state index in [4.69, 9.17) is 11.6 Å². The Morgan fingerprint density at radius 3 is 2.71 bits per heavy atom. The maximum absolute atomic E-state index is 13.7. The van der Waals surface area contributed by atoms with Crippen molar-refractivity contribution in [1.29, 1.82) is 0 Å². The highest BCUT2D eigenvalue weighted by atomic mass is 35.5. The van der Waals surface area contributed by atoms with E-state index in [1.54, 1.807) is 12.1 Å². The van der Waals surface area contributed by atoms with E-state index >= 15 is 0 Å². The molecule has 3 unspecified atom stereocenters. The molecule has 17 heavy (non-hydrogen) atoms. The highest BCUT2D eigenvalue weighted by Gasteiger charge is 2.50. The van der Waals surface area contributed by atoms with Gasteiger partial charge < -0.3 is 0 Å². The molecule has 2 saturated carbocycles. The van der Waals surface area contributed by atoms with Gasteiger partial charge in [0.25, 0.3) is 0 Å². The molecule has 2 aliphatic carbocycles. The lowest BCUT2D eigenvalue weighted by atomic mass is 9.71. The molecule has 0 nitrogen and oxygen atoms in total. The Labute approximate surface area is 107 Å². The van der Waals surface area contributed by atoms with Gasteiger partial charge in [0.05, 0.1) is 0 Å². The third-order valence-corrected chi connectivity index (χ3v) is 5.40. The van der Waals surface area contributed by atoms with Gasteiger partial charge in [-0.3, -0.25) is 0 Å². The lowest BCUT2D eigenvalue weighted by Gasteiger charge is -2.36. The number of hydrogen-bond donors (Lipinski definition) is 0. The molecule has 92 valence electrons. The molecule has 3 rings (SSSR count). The molecule has 0 radical (unpaired) electrons. The summed E-state index contributed by atoms with van der Waals surface area (Å²) in [5.74, 6) is 2.19. The van der Waals surface area contributed by atoms with E-state index in [9.17, 15) is 4.39 Å². The maximum atomic E-state index is 13.7. The van der Waals surface area contributed by atoms with Crippen LogP contribution in [-0.2, 0) is 6.42 Å². The molecule has 0 aromatic heterocycles. The average molecular weight is 253 g/mol. The van der Waals surface area contributed by atoms with Crippen molar-refractivity contribution >= 4 is 11.6 Å². The van der Waals surface area contributed by atoms with Crippen molar-refractivity contribution in [2.75, 3.05) is 5.88 Å². The molecule has 2 aliphatic rings. The van der Waals surface area contributed by atoms with Gasteiger partial charge >= 0.3 is 0 Å². The molecule has 0 saturated heterocycles. The lowest BCUT2D eigenvalue weighted by molar-refractivity contribution is 0.191. The first-order valence-electron chi connectivity index (χ1n) is 6.53. The van der Waals surface area contributed by atoms with Gasteiger partial charge in [0, 0.05) is 5.88 Å². The first-order valence-corrected chi connectivity index (χ1v) is 7.06. The summed E-state index contributed by atoms with van der Waals surface area (Å²) in [4.78, 5) is 0. The van der Waals surface area contributed by atoms with Gasteiger partial charge in [-0.05, 0) is 54.6 Å². The number of rotatable bonds is 3. The molecule has 0 aliphatic heterocycles. The molecule has 1 aromatic carbocycles. The lowest BCUT2D eigenvalue weighted by Crippen LogP contribution is -2.32. The Bertz CT molecular complexity index is 417. The van der Waals surface area contributed by atoms with E-state index in [1.807, 2.05) is 12.1 Å². The second kappa shape index (κ2) is 4.28. The molecule has 2 bridgehead atoms. The van der Waals surface area contributed by atoms with Crippen molar-refractivity contribution in [1.82, 2.24) is 0 Å². The Kier molecular flexibility index (Phi) is 2.90. The summed E-state index contributed by atoms with van der Waals surface area (Å²) in [6, 6.07) is 7.15. The van der Waals surface area contributed by atoms with Crippen LogP contribution in [0, 0.1) is 23.1 Å². The van der Waals surface area contributed by atoms with Crippen molar-refractivity contribution in [3.63, 3.8) is 0 Å². The van der Waals surface area contributed by atoms with E-state index in [2.05, 4.69) is 0 Å². The fourth-order valence-corrected chi connectivity index (χ4v) is 4.43. The summed E-state index contributed by atoms with van der Waals surface area (Å²) in [6.07, 6.45) is 6.01. The van der Waals surface area contributed by atoms with Gasteiger partial charge in [-0.2, -0.15) is 0 Å². The fraction of sp³-hybridized carbons (Fsp3) is 0.600. The summed E-state index contributed by atoms with van der Waals surface area (Å²) in [7, 11) is 0. The summed E-state index contributed by atoms with van der Waals surface area (Å²) >= 11 is 6.24. The van der Waals surface area contributed by atoms with E-state index in [0.717, 1.165) is 23.8 Å². The number of alkyl halides is 1. The van der Waals surface area contributed by atoms with E-state index in [1.165, 1.54) is 25.7 Å². The molecule has 0 N–H and O–H groups in total. The molecule has 0 amide bonds. The van der Waals surface area contributed by atoms with Crippen molar-refractivity contribution in [2.24, 2.45) is 17.3 Å². The zero-order valence-electron chi connectivity index (χ0n) is 9.96. The number of halogens is 2. The van der Waals surface area contributed by atoms with Crippen LogP contribution >= 0.6 is 11.6 Å². The first kappa shape index (κ1) is 11.5. The predicted octanol–water partition coefficient (Wildman–Crippen LogP) is 4.41. The van der Waals surface area contributed by atoms with Crippen LogP contribution < -0.4 is 0 Å². The predicted molar refractivity (Wildman–Crippen MR) is 68.7 cm³/mol. The fourth-order valence-electron chi connectivity index (χ4n) is 4.01. The van der Waals surface area contributed by atoms with Crippen LogP contribution in [0.3, 0.4) is 0 Å². The molecular formula is C15H18ClF. The van der Waals surface area contributed by atoms with Crippen LogP contribution in [0.25, 0.3) is 0 Å². The first-order chi connectivity index (χ1) is 8.23. The molecule has 2 fully saturated rings. The summed E-state index contributed by atoms with van der Waals surface area (Å²) in [6.45, 7) is 0. The molecular weight excluding hydrogens is 235 g/mol. The molecule has 3 atom stereocenters. The van der Waals surface area contributed by atoms with E-state index < -0.39 is 0 Å². The van der Waals surface area contributed by atoms with Gasteiger partial charge in [0.2, 0.25) is 0 Å². The summed E-state index contributed by atoms with van der Waals surface area (Å²) in [5.41, 5.74) is 1.02. The van der Waals surface area contributed by atoms with Crippen molar-refractivity contribution < 1.29 is 4.39 Å². The molecule has 2 heteroatoms. The number of hydrogen-bond acceptors (Lipinski definition) is 0. The minimum Gasteiger partial charge on any atom is -0.207 e. The van der Waals surface area contributed by atoms with Gasteiger partial charge in [-0.25, -0.2) is 4.39 Å². The van der Waals surface area contributed by atoms with Crippen LogP contribution in [0.4, 0.5) is 4.39 Å². The van der Waals surface area contributed by atoms with Crippen molar-refractivity contribution in [2.45, 2.75) is 32.1 Å². The molecule has 0 heterocycles. The Morgan fingerprint density at radius 1 is 1.29 bits per heavy atom.